The highest BCUT2D eigenvalue weighted by Crippen LogP contribution is 2.22. The van der Waals surface area contributed by atoms with Crippen LogP contribution >= 0.6 is 0 Å². The molecule has 1 saturated heterocycles. The largest absolute Gasteiger partial charge is 0.311 e. The second kappa shape index (κ2) is 7.38. The van der Waals surface area contributed by atoms with Crippen molar-refractivity contribution in [3.63, 3.8) is 0 Å². The molecule has 1 N–H and O–H groups in total. The zero-order chi connectivity index (χ0) is 12.8. The van der Waals surface area contributed by atoms with Crippen molar-refractivity contribution in [2.75, 3.05) is 13.1 Å². The lowest BCUT2D eigenvalue weighted by Crippen LogP contribution is -2.60. The molecular weight excluding hydrogens is 208 g/mol. The molecule has 3 unspecified atom stereocenters. The molecule has 1 fully saturated rings. The molecule has 0 radical (unpaired) electrons. The Bertz CT molecular complexity index is 203. The van der Waals surface area contributed by atoms with Crippen LogP contribution in [0.1, 0.15) is 60.3 Å². The third-order valence-corrected chi connectivity index (χ3v) is 4.26. The molecule has 0 spiro atoms. The maximum absolute atomic E-state index is 3.73. The molecule has 1 heterocycles. The van der Waals surface area contributed by atoms with Crippen LogP contribution in [0.15, 0.2) is 0 Å². The first-order chi connectivity index (χ1) is 8.13. The van der Waals surface area contributed by atoms with Gasteiger partial charge in [0.25, 0.3) is 0 Å². The monoisotopic (exact) mass is 240 g/mol. The van der Waals surface area contributed by atoms with Crippen molar-refractivity contribution in [2.45, 2.75) is 78.4 Å². The molecule has 1 aliphatic rings. The normalized spacial score (nSPS) is 28.6. The molecule has 2 nitrogen and oxygen atoms in total. The fourth-order valence-corrected chi connectivity index (χ4v) is 3.30. The van der Waals surface area contributed by atoms with E-state index in [1.165, 1.54) is 38.8 Å². The van der Waals surface area contributed by atoms with Gasteiger partial charge in [-0.25, -0.2) is 0 Å². The number of rotatable bonds is 6. The van der Waals surface area contributed by atoms with E-state index in [0.717, 1.165) is 24.0 Å². The lowest BCUT2D eigenvalue weighted by atomic mass is 9.94. The van der Waals surface area contributed by atoms with E-state index in [9.17, 15) is 0 Å². The lowest BCUT2D eigenvalue weighted by Gasteiger charge is -2.46. The van der Waals surface area contributed by atoms with Gasteiger partial charge < -0.3 is 5.32 Å². The minimum Gasteiger partial charge on any atom is -0.311 e. The average molecular weight is 240 g/mol. The van der Waals surface area contributed by atoms with Crippen LogP contribution in [-0.2, 0) is 0 Å². The van der Waals surface area contributed by atoms with Crippen molar-refractivity contribution < 1.29 is 0 Å². The van der Waals surface area contributed by atoms with Crippen LogP contribution in [0.5, 0.6) is 0 Å². The summed E-state index contributed by atoms with van der Waals surface area (Å²) in [6.45, 7) is 14.1. The molecule has 0 aromatic rings. The molecule has 2 heteroatoms. The summed E-state index contributed by atoms with van der Waals surface area (Å²) in [6, 6.07) is 2.23. The van der Waals surface area contributed by atoms with Crippen LogP contribution in [-0.4, -0.2) is 36.1 Å². The SMILES string of the molecule is CCCC1CN(C(CC)C(C)C)C(CC)CN1. The predicted molar refractivity (Wildman–Crippen MR) is 76.4 cm³/mol. The van der Waals surface area contributed by atoms with Crippen molar-refractivity contribution in [3.8, 4) is 0 Å². The topological polar surface area (TPSA) is 15.3 Å². The Balaban J connectivity index is 2.67. The summed E-state index contributed by atoms with van der Waals surface area (Å²) >= 11 is 0. The van der Waals surface area contributed by atoms with E-state index in [1.807, 2.05) is 0 Å². The first-order valence-electron chi connectivity index (χ1n) is 7.63. The second-order valence-electron chi connectivity index (χ2n) is 5.87. The van der Waals surface area contributed by atoms with Gasteiger partial charge >= 0.3 is 0 Å². The van der Waals surface area contributed by atoms with Gasteiger partial charge in [0.2, 0.25) is 0 Å². The van der Waals surface area contributed by atoms with E-state index in [0.29, 0.717) is 0 Å². The van der Waals surface area contributed by atoms with Gasteiger partial charge in [0, 0.05) is 31.2 Å². The molecule has 3 atom stereocenters. The minimum atomic E-state index is 0.718. The van der Waals surface area contributed by atoms with Crippen LogP contribution in [0.3, 0.4) is 0 Å². The Morgan fingerprint density at radius 2 is 1.94 bits per heavy atom. The molecular formula is C15H32N2. The predicted octanol–water partition coefficient (Wildman–Crippen LogP) is 3.27. The Morgan fingerprint density at radius 1 is 1.24 bits per heavy atom. The first-order valence-corrected chi connectivity index (χ1v) is 7.63. The van der Waals surface area contributed by atoms with E-state index < -0.39 is 0 Å². The van der Waals surface area contributed by atoms with Crippen molar-refractivity contribution >= 4 is 0 Å². The summed E-state index contributed by atoms with van der Waals surface area (Å²) in [5.74, 6) is 0.773. The number of piperazine rings is 1. The molecule has 1 aliphatic heterocycles. The number of nitrogens with one attached hydrogen (secondary N) is 1. The molecule has 17 heavy (non-hydrogen) atoms. The third kappa shape index (κ3) is 3.96. The van der Waals surface area contributed by atoms with Crippen molar-refractivity contribution in [1.82, 2.24) is 10.2 Å². The fourth-order valence-electron chi connectivity index (χ4n) is 3.30. The fraction of sp³-hybridized carbons (Fsp3) is 1.00. The lowest BCUT2D eigenvalue weighted by molar-refractivity contribution is 0.0521. The molecule has 0 amide bonds. The zero-order valence-corrected chi connectivity index (χ0v) is 12.5. The van der Waals surface area contributed by atoms with Crippen LogP contribution in [0.2, 0.25) is 0 Å². The van der Waals surface area contributed by atoms with Crippen LogP contribution in [0, 0.1) is 5.92 Å². The van der Waals surface area contributed by atoms with Gasteiger partial charge in [-0.05, 0) is 25.2 Å². The summed E-state index contributed by atoms with van der Waals surface area (Å²) < 4.78 is 0. The van der Waals surface area contributed by atoms with Crippen LogP contribution in [0.4, 0.5) is 0 Å². The minimum absolute atomic E-state index is 0.718. The molecule has 0 saturated carbocycles. The van der Waals surface area contributed by atoms with E-state index in [1.54, 1.807) is 0 Å². The highest BCUT2D eigenvalue weighted by molar-refractivity contribution is 4.89. The number of hydrogen-bond donors (Lipinski definition) is 1. The van der Waals surface area contributed by atoms with Gasteiger partial charge in [-0.15, -0.1) is 0 Å². The van der Waals surface area contributed by atoms with Gasteiger partial charge in [0.05, 0.1) is 0 Å². The van der Waals surface area contributed by atoms with Gasteiger partial charge in [-0.1, -0.05) is 41.0 Å². The number of hydrogen-bond acceptors (Lipinski definition) is 2. The van der Waals surface area contributed by atoms with E-state index >= 15 is 0 Å². The van der Waals surface area contributed by atoms with Gasteiger partial charge in [0.15, 0.2) is 0 Å². The van der Waals surface area contributed by atoms with Gasteiger partial charge in [0.1, 0.15) is 0 Å². The van der Waals surface area contributed by atoms with Crippen molar-refractivity contribution in [1.29, 1.82) is 0 Å². The van der Waals surface area contributed by atoms with Crippen molar-refractivity contribution in [2.24, 2.45) is 5.92 Å². The Morgan fingerprint density at radius 3 is 2.41 bits per heavy atom. The highest BCUT2D eigenvalue weighted by atomic mass is 15.3. The molecule has 0 aromatic heterocycles. The summed E-state index contributed by atoms with van der Waals surface area (Å²) in [4.78, 5) is 2.79. The second-order valence-corrected chi connectivity index (χ2v) is 5.87. The van der Waals surface area contributed by atoms with E-state index in [2.05, 4.69) is 44.8 Å². The molecule has 0 aromatic carbocycles. The molecule has 0 bridgehead atoms. The summed E-state index contributed by atoms with van der Waals surface area (Å²) in [5, 5.41) is 3.73. The maximum atomic E-state index is 3.73. The maximum Gasteiger partial charge on any atom is 0.0221 e. The van der Waals surface area contributed by atoms with E-state index in [4.69, 9.17) is 0 Å². The average Bonchev–Trinajstić information content (AvgIpc) is 2.30. The summed E-state index contributed by atoms with van der Waals surface area (Å²) in [6.07, 6.45) is 5.17. The van der Waals surface area contributed by atoms with Crippen molar-refractivity contribution in [3.05, 3.63) is 0 Å². The van der Waals surface area contributed by atoms with Crippen LogP contribution < -0.4 is 5.32 Å². The standard InChI is InChI=1S/C15H32N2/c1-6-9-13-11-17(14(7-2)10-16-13)15(8-3)12(4)5/h12-16H,6-11H2,1-5H3. The van der Waals surface area contributed by atoms with Gasteiger partial charge in [-0.2, -0.15) is 0 Å². The number of nitrogens with zero attached hydrogens (tertiary/aromatic N) is 1. The zero-order valence-electron chi connectivity index (χ0n) is 12.5. The highest BCUT2D eigenvalue weighted by Gasteiger charge is 2.31. The Hall–Kier alpha value is -0.0800. The molecule has 1 rings (SSSR count). The Kier molecular flexibility index (Phi) is 6.50. The molecule has 102 valence electrons. The summed E-state index contributed by atoms with van der Waals surface area (Å²) in [7, 11) is 0. The molecule has 0 aliphatic carbocycles. The first kappa shape index (κ1) is 15.0. The quantitative estimate of drug-likeness (QED) is 0.766. The summed E-state index contributed by atoms with van der Waals surface area (Å²) in [5.41, 5.74) is 0. The smallest absolute Gasteiger partial charge is 0.0221 e. The Labute approximate surface area is 108 Å². The van der Waals surface area contributed by atoms with Gasteiger partial charge in [-0.3, -0.25) is 4.90 Å². The third-order valence-electron chi connectivity index (χ3n) is 4.26. The van der Waals surface area contributed by atoms with Crippen LogP contribution in [0.25, 0.3) is 0 Å². The van der Waals surface area contributed by atoms with E-state index in [-0.39, 0.29) is 0 Å².